The molecule has 1 fully saturated rings. The van der Waals surface area contributed by atoms with Gasteiger partial charge in [-0.05, 0) is 63.4 Å². The molecule has 0 bridgehead atoms. The van der Waals surface area contributed by atoms with Crippen molar-refractivity contribution < 1.29 is 19.1 Å². The van der Waals surface area contributed by atoms with Crippen LogP contribution in [0.2, 0.25) is 0 Å². The van der Waals surface area contributed by atoms with Crippen molar-refractivity contribution in [2.75, 3.05) is 33.4 Å². The molecule has 2 aliphatic heterocycles. The zero-order valence-corrected chi connectivity index (χ0v) is 21.1. The number of hydrogen-bond donors (Lipinski definition) is 0. The number of carbonyl (C=O) groups excluding carboxylic acids is 2. The van der Waals surface area contributed by atoms with E-state index in [1.165, 1.54) is 0 Å². The van der Waals surface area contributed by atoms with Crippen LogP contribution in [-0.4, -0.2) is 60.8 Å². The van der Waals surface area contributed by atoms with Crippen LogP contribution in [0.5, 0.6) is 5.75 Å². The Labute approximate surface area is 207 Å². The third-order valence-electron chi connectivity index (χ3n) is 6.85. The first-order valence-electron chi connectivity index (χ1n) is 12.4. The SMILES string of the molecule is CCOC(=O)[C@@H]1CCCN(CC(=O)N2N=C(c3cccc(OC)c3)C[C@H]2c2cc(C)ccc2C)C1. The van der Waals surface area contributed by atoms with Gasteiger partial charge in [0.2, 0.25) is 0 Å². The highest BCUT2D eigenvalue weighted by atomic mass is 16.5. The highest BCUT2D eigenvalue weighted by Crippen LogP contribution is 2.35. The van der Waals surface area contributed by atoms with E-state index in [9.17, 15) is 9.59 Å². The summed E-state index contributed by atoms with van der Waals surface area (Å²) in [7, 11) is 1.65. The molecule has 2 aromatic carbocycles. The predicted octanol–water partition coefficient (Wildman–Crippen LogP) is 4.26. The minimum atomic E-state index is -0.180. The summed E-state index contributed by atoms with van der Waals surface area (Å²) in [6.45, 7) is 7.90. The van der Waals surface area contributed by atoms with Gasteiger partial charge >= 0.3 is 5.97 Å². The van der Waals surface area contributed by atoms with Crippen LogP contribution in [0.4, 0.5) is 0 Å². The Balaban J connectivity index is 1.59. The molecule has 2 aromatic rings. The van der Waals surface area contributed by atoms with Gasteiger partial charge in [-0.1, -0.05) is 35.9 Å². The van der Waals surface area contributed by atoms with Crippen LogP contribution in [-0.2, 0) is 14.3 Å². The molecule has 35 heavy (non-hydrogen) atoms. The first-order valence-corrected chi connectivity index (χ1v) is 12.4. The first kappa shape index (κ1) is 24.9. The molecule has 7 heteroatoms. The summed E-state index contributed by atoms with van der Waals surface area (Å²) in [4.78, 5) is 28.0. The van der Waals surface area contributed by atoms with E-state index in [1.54, 1.807) is 12.1 Å². The van der Waals surface area contributed by atoms with Crippen molar-refractivity contribution in [1.82, 2.24) is 9.91 Å². The fourth-order valence-corrected chi connectivity index (χ4v) is 4.99. The van der Waals surface area contributed by atoms with E-state index >= 15 is 0 Å². The molecule has 2 heterocycles. The van der Waals surface area contributed by atoms with E-state index in [0.717, 1.165) is 53.1 Å². The lowest BCUT2D eigenvalue weighted by Gasteiger charge is -2.32. The van der Waals surface area contributed by atoms with Crippen LogP contribution in [0.15, 0.2) is 47.6 Å². The standard InChI is InChI=1S/C28H35N3O4/c1-5-35-28(33)22-9-7-13-30(17-22)18-27(32)31-26(24-14-19(2)11-12-20(24)3)16-25(29-31)21-8-6-10-23(15-21)34-4/h6,8,10-12,14-15,22,26H,5,7,9,13,16-18H2,1-4H3/t22-,26+/m1/s1. The van der Waals surface area contributed by atoms with E-state index in [1.807, 2.05) is 31.2 Å². The Morgan fingerprint density at radius 1 is 1.14 bits per heavy atom. The van der Waals surface area contributed by atoms with Gasteiger partial charge < -0.3 is 9.47 Å². The quantitative estimate of drug-likeness (QED) is 0.557. The Kier molecular flexibility index (Phi) is 7.86. The van der Waals surface area contributed by atoms with Crippen molar-refractivity contribution in [3.8, 4) is 5.75 Å². The molecule has 4 rings (SSSR count). The average molecular weight is 478 g/mol. The topological polar surface area (TPSA) is 71.4 Å². The Morgan fingerprint density at radius 3 is 2.74 bits per heavy atom. The van der Waals surface area contributed by atoms with Gasteiger partial charge in [-0.2, -0.15) is 5.10 Å². The van der Waals surface area contributed by atoms with Gasteiger partial charge in [-0.3, -0.25) is 14.5 Å². The van der Waals surface area contributed by atoms with E-state index in [0.29, 0.717) is 19.6 Å². The number of nitrogens with zero attached hydrogens (tertiary/aromatic N) is 3. The van der Waals surface area contributed by atoms with Gasteiger partial charge in [0.1, 0.15) is 5.75 Å². The van der Waals surface area contributed by atoms with Crippen LogP contribution < -0.4 is 4.74 Å². The summed E-state index contributed by atoms with van der Waals surface area (Å²) >= 11 is 0. The molecule has 0 unspecified atom stereocenters. The summed E-state index contributed by atoms with van der Waals surface area (Å²) in [5.41, 5.74) is 5.23. The zero-order valence-electron chi connectivity index (χ0n) is 21.1. The minimum absolute atomic E-state index is 0.0571. The number of esters is 1. The highest BCUT2D eigenvalue weighted by Gasteiger charge is 2.36. The molecule has 1 saturated heterocycles. The molecule has 1 amide bonds. The number of carbonyl (C=O) groups is 2. The molecule has 0 spiro atoms. The molecule has 2 atom stereocenters. The van der Waals surface area contributed by atoms with Crippen LogP contribution in [0.25, 0.3) is 0 Å². The molecule has 2 aliphatic rings. The van der Waals surface area contributed by atoms with Crippen molar-refractivity contribution in [1.29, 1.82) is 0 Å². The minimum Gasteiger partial charge on any atom is -0.497 e. The third-order valence-corrected chi connectivity index (χ3v) is 6.85. The monoisotopic (exact) mass is 477 g/mol. The van der Waals surface area contributed by atoms with Gasteiger partial charge in [0.15, 0.2) is 0 Å². The average Bonchev–Trinajstić information content (AvgIpc) is 3.31. The molecule has 186 valence electrons. The summed E-state index contributed by atoms with van der Waals surface area (Å²) in [5, 5.41) is 6.50. The van der Waals surface area contributed by atoms with Crippen molar-refractivity contribution in [3.05, 3.63) is 64.7 Å². The lowest BCUT2D eigenvalue weighted by Crippen LogP contribution is -2.44. The second kappa shape index (κ2) is 11.0. The Hall–Kier alpha value is -3.19. The number of hydrazone groups is 1. The molecule has 0 aromatic heterocycles. The van der Waals surface area contributed by atoms with Gasteiger partial charge in [0.05, 0.1) is 37.9 Å². The van der Waals surface area contributed by atoms with Crippen molar-refractivity contribution >= 4 is 17.6 Å². The lowest BCUT2D eigenvalue weighted by atomic mass is 9.93. The largest absolute Gasteiger partial charge is 0.497 e. The number of aryl methyl sites for hydroxylation is 2. The Bertz CT molecular complexity index is 1110. The predicted molar refractivity (Wildman–Crippen MR) is 135 cm³/mol. The zero-order chi connectivity index (χ0) is 24.9. The van der Waals surface area contributed by atoms with Crippen LogP contribution in [0, 0.1) is 19.8 Å². The highest BCUT2D eigenvalue weighted by molar-refractivity contribution is 6.03. The molecule has 0 N–H and O–H groups in total. The molecular formula is C28H35N3O4. The normalized spacial score (nSPS) is 20.5. The summed E-state index contributed by atoms with van der Waals surface area (Å²) < 4.78 is 10.6. The number of ether oxygens (including phenoxy) is 2. The van der Waals surface area contributed by atoms with Crippen molar-refractivity contribution in [3.63, 3.8) is 0 Å². The second-order valence-corrected chi connectivity index (χ2v) is 9.42. The second-order valence-electron chi connectivity index (χ2n) is 9.42. The molecule has 0 radical (unpaired) electrons. The van der Waals surface area contributed by atoms with Gasteiger partial charge in [0.25, 0.3) is 5.91 Å². The molecule has 0 saturated carbocycles. The van der Waals surface area contributed by atoms with Crippen LogP contribution >= 0.6 is 0 Å². The number of piperidine rings is 1. The van der Waals surface area contributed by atoms with Crippen molar-refractivity contribution in [2.45, 2.75) is 46.1 Å². The Morgan fingerprint density at radius 2 is 1.97 bits per heavy atom. The molecule has 0 aliphatic carbocycles. The first-order chi connectivity index (χ1) is 16.9. The van der Waals surface area contributed by atoms with Gasteiger partial charge in [-0.25, -0.2) is 5.01 Å². The maximum Gasteiger partial charge on any atom is 0.310 e. The fraction of sp³-hybridized carbons (Fsp3) is 0.464. The number of hydrogen-bond acceptors (Lipinski definition) is 6. The van der Waals surface area contributed by atoms with Gasteiger partial charge in [0, 0.05) is 18.5 Å². The van der Waals surface area contributed by atoms with E-state index < -0.39 is 0 Å². The summed E-state index contributed by atoms with van der Waals surface area (Å²) in [6, 6.07) is 14.0. The van der Waals surface area contributed by atoms with Crippen LogP contribution in [0.1, 0.15) is 54.5 Å². The summed E-state index contributed by atoms with van der Waals surface area (Å²) in [5.74, 6) is 0.355. The molecule has 7 nitrogen and oxygen atoms in total. The van der Waals surface area contributed by atoms with Crippen LogP contribution in [0.3, 0.4) is 0 Å². The summed E-state index contributed by atoms with van der Waals surface area (Å²) in [6.07, 6.45) is 2.31. The van der Waals surface area contributed by atoms with E-state index in [2.05, 4.69) is 36.9 Å². The number of methoxy groups -OCH3 is 1. The van der Waals surface area contributed by atoms with Gasteiger partial charge in [-0.15, -0.1) is 0 Å². The number of benzene rings is 2. The molecular weight excluding hydrogens is 442 g/mol. The smallest absolute Gasteiger partial charge is 0.310 e. The van der Waals surface area contributed by atoms with E-state index in [4.69, 9.17) is 14.6 Å². The maximum absolute atomic E-state index is 13.6. The number of rotatable bonds is 7. The third kappa shape index (κ3) is 5.73. The maximum atomic E-state index is 13.6. The lowest BCUT2D eigenvalue weighted by molar-refractivity contribution is -0.150. The van der Waals surface area contributed by atoms with E-state index in [-0.39, 0.29) is 30.4 Å². The fourth-order valence-electron chi connectivity index (χ4n) is 4.99. The van der Waals surface area contributed by atoms with Crippen molar-refractivity contribution in [2.24, 2.45) is 11.0 Å². The number of amides is 1. The number of likely N-dealkylation sites (tertiary alicyclic amines) is 1.